The van der Waals surface area contributed by atoms with E-state index in [-0.39, 0.29) is 34.2 Å². The summed E-state index contributed by atoms with van der Waals surface area (Å²) in [6.45, 7) is 6.21. The highest BCUT2D eigenvalue weighted by atomic mass is 35.5. The number of aromatic nitrogens is 1. The van der Waals surface area contributed by atoms with Crippen LogP contribution in [0.2, 0.25) is 5.15 Å². The number of hydrogen-bond acceptors (Lipinski definition) is 5. The molecule has 6 nitrogen and oxygen atoms in total. The standard InChI is InChI=1S/C25H28ClN3O3/c1-16(2)22(29-14-6-12-27-13-11-21(29)30)24-19(15-17-7-4-3-5-8-17)23(31)18-9-10-20(26)28-25(18)32-24/h3-5,7-10,16,22,27H,6,11-15H2,1-2H3. The number of halogens is 1. The predicted molar refractivity (Wildman–Crippen MR) is 126 cm³/mol. The fourth-order valence-corrected chi connectivity index (χ4v) is 4.52. The highest BCUT2D eigenvalue weighted by molar-refractivity contribution is 6.29. The maximum atomic E-state index is 13.6. The van der Waals surface area contributed by atoms with Gasteiger partial charge >= 0.3 is 0 Å². The lowest BCUT2D eigenvalue weighted by atomic mass is 9.92. The van der Waals surface area contributed by atoms with Gasteiger partial charge in [-0.1, -0.05) is 55.8 Å². The third-order valence-electron chi connectivity index (χ3n) is 5.90. The molecule has 1 aromatic carbocycles. The summed E-state index contributed by atoms with van der Waals surface area (Å²) in [7, 11) is 0. The van der Waals surface area contributed by atoms with Crippen molar-refractivity contribution >= 4 is 28.6 Å². The number of nitrogens with one attached hydrogen (secondary N) is 1. The van der Waals surface area contributed by atoms with Crippen molar-refractivity contribution in [3.63, 3.8) is 0 Å². The summed E-state index contributed by atoms with van der Waals surface area (Å²) in [5.74, 6) is 0.613. The van der Waals surface area contributed by atoms with Gasteiger partial charge in [0.15, 0.2) is 5.43 Å². The number of fused-ring (bicyclic) bond motifs is 1. The lowest BCUT2D eigenvalue weighted by Gasteiger charge is -2.36. The molecule has 7 heteroatoms. The van der Waals surface area contributed by atoms with Gasteiger partial charge in [-0.15, -0.1) is 0 Å². The molecule has 0 saturated carbocycles. The SMILES string of the molecule is CC(C)C(c1oc2nc(Cl)ccc2c(=O)c1Cc1ccccc1)N1CCCNCCC1=O. The fourth-order valence-electron chi connectivity index (χ4n) is 4.38. The molecule has 3 heterocycles. The van der Waals surface area contributed by atoms with Crippen LogP contribution in [0.4, 0.5) is 0 Å². The van der Waals surface area contributed by atoms with Gasteiger partial charge in [0.25, 0.3) is 0 Å². The van der Waals surface area contributed by atoms with Crippen LogP contribution < -0.4 is 10.7 Å². The van der Waals surface area contributed by atoms with E-state index in [1.165, 1.54) is 0 Å². The average molecular weight is 454 g/mol. The van der Waals surface area contributed by atoms with Crippen molar-refractivity contribution in [3.8, 4) is 0 Å². The summed E-state index contributed by atoms with van der Waals surface area (Å²) in [6, 6.07) is 12.7. The topological polar surface area (TPSA) is 75.4 Å². The Hall–Kier alpha value is -2.70. The molecule has 1 aliphatic rings. The van der Waals surface area contributed by atoms with Crippen LogP contribution in [-0.4, -0.2) is 35.4 Å². The molecule has 2 aromatic heterocycles. The molecule has 1 N–H and O–H groups in total. The summed E-state index contributed by atoms with van der Waals surface area (Å²) in [6.07, 6.45) is 1.67. The zero-order valence-electron chi connectivity index (χ0n) is 18.4. The van der Waals surface area contributed by atoms with Crippen LogP contribution in [0.25, 0.3) is 11.1 Å². The lowest BCUT2D eigenvalue weighted by Crippen LogP contribution is -2.43. The second-order valence-electron chi connectivity index (χ2n) is 8.55. The van der Waals surface area contributed by atoms with E-state index in [1.807, 2.05) is 35.2 Å². The van der Waals surface area contributed by atoms with Crippen molar-refractivity contribution < 1.29 is 9.21 Å². The van der Waals surface area contributed by atoms with Gasteiger partial charge in [0.2, 0.25) is 11.6 Å². The fraction of sp³-hybridized carbons (Fsp3) is 0.400. The summed E-state index contributed by atoms with van der Waals surface area (Å²) in [5.41, 5.74) is 1.66. The van der Waals surface area contributed by atoms with Gasteiger partial charge in [0.1, 0.15) is 10.9 Å². The smallest absolute Gasteiger partial charge is 0.231 e. The van der Waals surface area contributed by atoms with Crippen LogP contribution in [-0.2, 0) is 11.2 Å². The molecular weight excluding hydrogens is 426 g/mol. The Bertz CT molecular complexity index is 1160. The molecular formula is C25H28ClN3O3. The van der Waals surface area contributed by atoms with E-state index in [9.17, 15) is 9.59 Å². The van der Waals surface area contributed by atoms with E-state index >= 15 is 0 Å². The minimum Gasteiger partial charge on any atom is -0.440 e. The van der Waals surface area contributed by atoms with Crippen molar-refractivity contribution in [3.05, 3.63) is 74.7 Å². The van der Waals surface area contributed by atoms with Crippen LogP contribution in [0.5, 0.6) is 0 Å². The number of rotatable bonds is 5. The van der Waals surface area contributed by atoms with Crippen LogP contribution in [0.3, 0.4) is 0 Å². The van der Waals surface area contributed by atoms with E-state index in [1.54, 1.807) is 12.1 Å². The third-order valence-corrected chi connectivity index (χ3v) is 6.11. The third kappa shape index (κ3) is 4.71. The van der Waals surface area contributed by atoms with Gasteiger partial charge in [-0.2, -0.15) is 0 Å². The summed E-state index contributed by atoms with van der Waals surface area (Å²) >= 11 is 6.10. The monoisotopic (exact) mass is 453 g/mol. The minimum atomic E-state index is -0.364. The Morgan fingerprint density at radius 3 is 2.66 bits per heavy atom. The number of pyridine rings is 1. The average Bonchev–Trinajstić information content (AvgIpc) is 2.76. The van der Waals surface area contributed by atoms with Crippen LogP contribution >= 0.6 is 11.6 Å². The highest BCUT2D eigenvalue weighted by Gasteiger charge is 2.33. The van der Waals surface area contributed by atoms with Gasteiger partial charge < -0.3 is 14.6 Å². The predicted octanol–water partition coefficient (Wildman–Crippen LogP) is 4.34. The zero-order valence-corrected chi connectivity index (χ0v) is 19.2. The van der Waals surface area contributed by atoms with Gasteiger partial charge in [0, 0.05) is 31.5 Å². The Labute approximate surface area is 192 Å². The highest BCUT2D eigenvalue weighted by Crippen LogP contribution is 2.34. The molecule has 0 spiro atoms. The van der Waals surface area contributed by atoms with E-state index in [4.69, 9.17) is 16.0 Å². The molecule has 168 valence electrons. The Morgan fingerprint density at radius 1 is 1.12 bits per heavy atom. The molecule has 1 aliphatic heterocycles. The van der Waals surface area contributed by atoms with E-state index in [2.05, 4.69) is 24.1 Å². The minimum absolute atomic E-state index is 0.0423. The zero-order chi connectivity index (χ0) is 22.7. The van der Waals surface area contributed by atoms with Gasteiger partial charge in [-0.25, -0.2) is 4.98 Å². The van der Waals surface area contributed by atoms with Crippen LogP contribution in [0, 0.1) is 5.92 Å². The number of benzene rings is 1. The summed E-state index contributed by atoms with van der Waals surface area (Å²) in [5, 5.41) is 3.94. The lowest BCUT2D eigenvalue weighted by molar-refractivity contribution is -0.135. The van der Waals surface area contributed by atoms with E-state index in [0.717, 1.165) is 18.5 Å². The largest absolute Gasteiger partial charge is 0.440 e. The molecule has 1 atom stereocenters. The normalized spacial score (nSPS) is 16.2. The summed E-state index contributed by atoms with van der Waals surface area (Å²) in [4.78, 5) is 32.9. The molecule has 4 rings (SSSR count). The maximum Gasteiger partial charge on any atom is 0.231 e. The number of amides is 1. The maximum absolute atomic E-state index is 13.6. The molecule has 1 unspecified atom stereocenters. The van der Waals surface area contributed by atoms with Crippen molar-refractivity contribution in [1.29, 1.82) is 0 Å². The van der Waals surface area contributed by atoms with E-state index in [0.29, 0.717) is 42.6 Å². The second kappa shape index (κ2) is 9.84. The Kier molecular flexibility index (Phi) is 6.92. The quantitative estimate of drug-likeness (QED) is 0.581. The molecule has 32 heavy (non-hydrogen) atoms. The van der Waals surface area contributed by atoms with Crippen LogP contribution in [0.15, 0.2) is 51.7 Å². The van der Waals surface area contributed by atoms with Gasteiger partial charge in [0.05, 0.1) is 11.4 Å². The number of carbonyl (C=O) groups excluding carboxylic acids is 1. The molecule has 1 amide bonds. The molecule has 1 fully saturated rings. The Morgan fingerprint density at radius 2 is 1.91 bits per heavy atom. The molecule has 1 saturated heterocycles. The second-order valence-corrected chi connectivity index (χ2v) is 8.94. The first-order valence-electron chi connectivity index (χ1n) is 11.1. The van der Waals surface area contributed by atoms with Crippen molar-refractivity contribution in [1.82, 2.24) is 15.2 Å². The molecule has 0 radical (unpaired) electrons. The van der Waals surface area contributed by atoms with Crippen molar-refractivity contribution in [2.75, 3.05) is 19.6 Å². The first-order chi connectivity index (χ1) is 15.5. The van der Waals surface area contributed by atoms with Gasteiger partial charge in [-0.05, 0) is 36.6 Å². The van der Waals surface area contributed by atoms with Crippen LogP contribution in [0.1, 0.15) is 49.6 Å². The molecule has 0 aliphatic carbocycles. The molecule has 0 bridgehead atoms. The number of carbonyl (C=O) groups is 1. The van der Waals surface area contributed by atoms with E-state index < -0.39 is 0 Å². The van der Waals surface area contributed by atoms with Gasteiger partial charge in [-0.3, -0.25) is 9.59 Å². The first-order valence-corrected chi connectivity index (χ1v) is 11.5. The Balaban J connectivity index is 1.91. The van der Waals surface area contributed by atoms with Crippen molar-refractivity contribution in [2.45, 2.75) is 39.2 Å². The number of nitrogens with zero attached hydrogens (tertiary/aromatic N) is 2. The number of hydrogen-bond donors (Lipinski definition) is 1. The summed E-state index contributed by atoms with van der Waals surface area (Å²) < 4.78 is 6.32. The van der Waals surface area contributed by atoms with Crippen molar-refractivity contribution in [2.24, 2.45) is 5.92 Å². The first kappa shape index (κ1) is 22.5. The molecule has 3 aromatic rings.